The van der Waals surface area contributed by atoms with Crippen molar-refractivity contribution >= 4 is 0 Å². The summed E-state index contributed by atoms with van der Waals surface area (Å²) in [6, 6.07) is 2.82. The quantitative estimate of drug-likeness (QED) is 0.865. The Morgan fingerprint density at radius 2 is 2.32 bits per heavy atom. The second kappa shape index (κ2) is 6.41. The van der Waals surface area contributed by atoms with E-state index < -0.39 is 11.9 Å². The lowest BCUT2D eigenvalue weighted by Gasteiger charge is -2.33. The van der Waals surface area contributed by atoms with Crippen LogP contribution in [0.3, 0.4) is 0 Å². The molecule has 3 atom stereocenters. The van der Waals surface area contributed by atoms with Crippen LogP contribution in [0.4, 0.5) is 4.39 Å². The standard InChI is InChI=1S/C14H21FN2O2/c1-10(8-17-6-2-3-12(18)9-17)14(19)13-5-4-11(15)7-16-13/h4-5,7,10,12,14,18-19H,2-3,6,8-9H2,1H3. The van der Waals surface area contributed by atoms with Gasteiger partial charge in [-0.15, -0.1) is 0 Å². The molecule has 3 unspecified atom stereocenters. The number of likely N-dealkylation sites (tertiary alicyclic amines) is 1. The predicted molar refractivity (Wildman–Crippen MR) is 70.0 cm³/mol. The molecule has 1 saturated heterocycles. The van der Waals surface area contributed by atoms with Crippen LogP contribution in [-0.2, 0) is 0 Å². The van der Waals surface area contributed by atoms with Crippen molar-refractivity contribution in [3.8, 4) is 0 Å². The third kappa shape index (κ3) is 3.96. The lowest BCUT2D eigenvalue weighted by Crippen LogP contribution is -2.41. The zero-order valence-electron chi connectivity index (χ0n) is 11.2. The molecule has 2 heterocycles. The highest BCUT2D eigenvalue weighted by Crippen LogP contribution is 2.22. The molecule has 0 spiro atoms. The molecule has 1 aromatic heterocycles. The van der Waals surface area contributed by atoms with Gasteiger partial charge in [0.15, 0.2) is 0 Å². The Hall–Kier alpha value is -1.04. The summed E-state index contributed by atoms with van der Waals surface area (Å²) in [5.41, 5.74) is 0.492. The van der Waals surface area contributed by atoms with Gasteiger partial charge in [-0.05, 0) is 31.5 Å². The van der Waals surface area contributed by atoms with Gasteiger partial charge in [0.25, 0.3) is 0 Å². The predicted octanol–water partition coefficient (Wildman–Crippen LogP) is 1.35. The minimum atomic E-state index is -0.709. The first kappa shape index (κ1) is 14.4. The molecule has 5 heteroatoms. The molecular formula is C14H21FN2O2. The molecule has 1 fully saturated rings. The van der Waals surface area contributed by atoms with Crippen LogP contribution in [0.2, 0.25) is 0 Å². The van der Waals surface area contributed by atoms with E-state index in [0.717, 1.165) is 25.6 Å². The molecule has 0 aliphatic carbocycles. The van der Waals surface area contributed by atoms with E-state index in [1.807, 2.05) is 6.92 Å². The molecule has 1 aliphatic heterocycles. The third-order valence-corrected chi connectivity index (χ3v) is 3.62. The highest BCUT2D eigenvalue weighted by atomic mass is 19.1. The van der Waals surface area contributed by atoms with Crippen molar-refractivity contribution in [1.29, 1.82) is 0 Å². The first-order valence-electron chi connectivity index (χ1n) is 6.76. The Bertz CT molecular complexity index is 399. The molecule has 0 aromatic carbocycles. The minimum Gasteiger partial charge on any atom is -0.392 e. The lowest BCUT2D eigenvalue weighted by molar-refractivity contribution is 0.0367. The lowest BCUT2D eigenvalue weighted by atomic mass is 9.99. The van der Waals surface area contributed by atoms with Crippen LogP contribution in [0.15, 0.2) is 18.3 Å². The molecule has 2 N–H and O–H groups in total. The van der Waals surface area contributed by atoms with Gasteiger partial charge < -0.3 is 15.1 Å². The molecule has 1 aromatic rings. The number of piperidine rings is 1. The summed E-state index contributed by atoms with van der Waals surface area (Å²) >= 11 is 0. The zero-order chi connectivity index (χ0) is 13.8. The van der Waals surface area contributed by atoms with E-state index in [1.54, 1.807) is 0 Å². The number of pyridine rings is 1. The van der Waals surface area contributed by atoms with Crippen molar-refractivity contribution in [2.75, 3.05) is 19.6 Å². The molecule has 2 rings (SSSR count). The number of aliphatic hydroxyl groups excluding tert-OH is 2. The number of halogens is 1. The molecule has 19 heavy (non-hydrogen) atoms. The van der Waals surface area contributed by atoms with Gasteiger partial charge >= 0.3 is 0 Å². The Morgan fingerprint density at radius 3 is 2.95 bits per heavy atom. The van der Waals surface area contributed by atoms with Gasteiger partial charge in [0, 0.05) is 19.0 Å². The first-order chi connectivity index (χ1) is 9.06. The van der Waals surface area contributed by atoms with Crippen molar-refractivity contribution in [3.63, 3.8) is 0 Å². The molecule has 1 aliphatic rings. The summed E-state index contributed by atoms with van der Waals surface area (Å²) in [6.07, 6.45) is 1.99. The van der Waals surface area contributed by atoms with Gasteiger partial charge in [0.2, 0.25) is 0 Å². The van der Waals surface area contributed by atoms with E-state index in [2.05, 4.69) is 9.88 Å². The van der Waals surface area contributed by atoms with Crippen molar-refractivity contribution in [2.45, 2.75) is 32.0 Å². The van der Waals surface area contributed by atoms with E-state index in [-0.39, 0.29) is 12.0 Å². The van der Waals surface area contributed by atoms with E-state index in [0.29, 0.717) is 18.8 Å². The molecular weight excluding hydrogens is 247 g/mol. The van der Waals surface area contributed by atoms with Gasteiger partial charge in [0.1, 0.15) is 5.82 Å². The van der Waals surface area contributed by atoms with Gasteiger partial charge in [-0.2, -0.15) is 0 Å². The minimum absolute atomic E-state index is 0.0109. The van der Waals surface area contributed by atoms with Crippen LogP contribution in [0.5, 0.6) is 0 Å². The third-order valence-electron chi connectivity index (χ3n) is 3.62. The number of aliphatic hydroxyl groups is 2. The molecule has 106 valence electrons. The summed E-state index contributed by atoms with van der Waals surface area (Å²) in [7, 11) is 0. The maximum Gasteiger partial charge on any atom is 0.141 e. The summed E-state index contributed by atoms with van der Waals surface area (Å²) < 4.78 is 12.8. The highest BCUT2D eigenvalue weighted by molar-refractivity contribution is 5.08. The summed E-state index contributed by atoms with van der Waals surface area (Å²) in [4.78, 5) is 6.07. The highest BCUT2D eigenvalue weighted by Gasteiger charge is 2.24. The van der Waals surface area contributed by atoms with Crippen molar-refractivity contribution in [3.05, 3.63) is 29.8 Å². The van der Waals surface area contributed by atoms with Gasteiger partial charge in [-0.25, -0.2) is 4.39 Å². The smallest absolute Gasteiger partial charge is 0.141 e. The van der Waals surface area contributed by atoms with Crippen LogP contribution in [-0.4, -0.2) is 45.8 Å². The Kier molecular flexibility index (Phi) is 4.85. The summed E-state index contributed by atoms with van der Waals surface area (Å²) in [5.74, 6) is -0.411. The van der Waals surface area contributed by atoms with E-state index in [1.165, 1.54) is 12.1 Å². The first-order valence-corrected chi connectivity index (χ1v) is 6.76. The number of aromatic nitrogens is 1. The molecule has 0 bridgehead atoms. The molecule has 0 saturated carbocycles. The number of hydrogen-bond donors (Lipinski definition) is 2. The fourth-order valence-electron chi connectivity index (χ4n) is 2.56. The van der Waals surface area contributed by atoms with Gasteiger partial charge in [-0.1, -0.05) is 6.92 Å². The SMILES string of the molecule is CC(CN1CCCC(O)C1)C(O)c1ccc(F)cn1. The van der Waals surface area contributed by atoms with Crippen LogP contribution in [0.1, 0.15) is 31.6 Å². The maximum absolute atomic E-state index is 12.8. The molecule has 4 nitrogen and oxygen atoms in total. The van der Waals surface area contributed by atoms with Crippen LogP contribution in [0.25, 0.3) is 0 Å². The van der Waals surface area contributed by atoms with Crippen molar-refractivity contribution in [2.24, 2.45) is 5.92 Å². The normalized spacial score (nSPS) is 24.1. The average Bonchev–Trinajstić information content (AvgIpc) is 2.39. The van der Waals surface area contributed by atoms with Crippen LogP contribution >= 0.6 is 0 Å². The van der Waals surface area contributed by atoms with Crippen LogP contribution < -0.4 is 0 Å². The molecule has 0 radical (unpaired) electrons. The van der Waals surface area contributed by atoms with Gasteiger partial charge in [0.05, 0.1) is 24.1 Å². The summed E-state index contributed by atoms with van der Waals surface area (Å²) in [5, 5.41) is 19.8. The van der Waals surface area contributed by atoms with Crippen molar-refractivity contribution in [1.82, 2.24) is 9.88 Å². The van der Waals surface area contributed by atoms with Gasteiger partial charge in [-0.3, -0.25) is 4.98 Å². The van der Waals surface area contributed by atoms with E-state index >= 15 is 0 Å². The number of rotatable bonds is 4. The second-order valence-electron chi connectivity index (χ2n) is 5.38. The van der Waals surface area contributed by atoms with Crippen molar-refractivity contribution < 1.29 is 14.6 Å². The van der Waals surface area contributed by atoms with E-state index in [4.69, 9.17) is 0 Å². The number of β-amino-alcohol motifs (C(OH)–C–C–N with tert-alkyl or cyclic N) is 1. The monoisotopic (exact) mass is 268 g/mol. The maximum atomic E-state index is 12.8. The average molecular weight is 268 g/mol. The zero-order valence-corrected chi connectivity index (χ0v) is 11.2. The largest absolute Gasteiger partial charge is 0.392 e. The number of nitrogens with zero attached hydrogens (tertiary/aromatic N) is 2. The fraction of sp³-hybridized carbons (Fsp3) is 0.643. The molecule has 0 amide bonds. The topological polar surface area (TPSA) is 56.6 Å². The Labute approximate surface area is 112 Å². The Balaban J connectivity index is 1.91. The van der Waals surface area contributed by atoms with E-state index in [9.17, 15) is 14.6 Å². The Morgan fingerprint density at radius 1 is 1.53 bits per heavy atom. The number of hydrogen-bond acceptors (Lipinski definition) is 4. The summed E-state index contributed by atoms with van der Waals surface area (Å²) in [6.45, 7) is 4.26. The fourth-order valence-corrected chi connectivity index (χ4v) is 2.56. The second-order valence-corrected chi connectivity index (χ2v) is 5.38. The van der Waals surface area contributed by atoms with Crippen LogP contribution in [0, 0.1) is 11.7 Å².